The predicted molar refractivity (Wildman–Crippen MR) is 69.7 cm³/mol. The van der Waals surface area contributed by atoms with Crippen LogP contribution >= 0.6 is 0 Å². The van der Waals surface area contributed by atoms with E-state index in [9.17, 15) is 5.26 Å². The standard InChI is InChI=1S/C14H26N2O/c1-3-9-16-14(4-2,12-15)8-5-10-17-11-13-6-7-13/h13,16H,3-11H2,1-2H3. The summed E-state index contributed by atoms with van der Waals surface area (Å²) in [6.07, 6.45) is 6.49. The molecule has 3 heteroatoms. The summed E-state index contributed by atoms with van der Waals surface area (Å²) in [6, 6.07) is 2.45. The average Bonchev–Trinajstić information content (AvgIpc) is 3.17. The minimum Gasteiger partial charge on any atom is -0.381 e. The van der Waals surface area contributed by atoms with Crippen LogP contribution in [0.3, 0.4) is 0 Å². The summed E-state index contributed by atoms with van der Waals surface area (Å²) in [4.78, 5) is 0. The van der Waals surface area contributed by atoms with Crippen LogP contribution in [-0.4, -0.2) is 25.3 Å². The number of nitriles is 1. The van der Waals surface area contributed by atoms with E-state index in [1.54, 1.807) is 0 Å². The lowest BCUT2D eigenvalue weighted by Crippen LogP contribution is -2.44. The first-order valence-electron chi connectivity index (χ1n) is 7.00. The molecule has 3 nitrogen and oxygen atoms in total. The zero-order valence-electron chi connectivity index (χ0n) is 11.3. The first-order chi connectivity index (χ1) is 8.26. The summed E-state index contributed by atoms with van der Waals surface area (Å²) in [7, 11) is 0. The maximum Gasteiger partial charge on any atom is 0.106 e. The minimum atomic E-state index is -0.334. The monoisotopic (exact) mass is 238 g/mol. The first kappa shape index (κ1) is 14.5. The summed E-state index contributed by atoms with van der Waals surface area (Å²) in [5, 5.41) is 12.7. The Kier molecular flexibility index (Phi) is 6.54. The van der Waals surface area contributed by atoms with E-state index in [1.807, 2.05) is 0 Å². The minimum absolute atomic E-state index is 0.334. The number of hydrogen-bond donors (Lipinski definition) is 1. The van der Waals surface area contributed by atoms with Crippen LogP contribution in [0, 0.1) is 17.2 Å². The van der Waals surface area contributed by atoms with E-state index in [2.05, 4.69) is 25.2 Å². The van der Waals surface area contributed by atoms with E-state index in [0.717, 1.165) is 51.4 Å². The van der Waals surface area contributed by atoms with E-state index in [0.29, 0.717) is 0 Å². The van der Waals surface area contributed by atoms with Crippen LogP contribution in [0.1, 0.15) is 52.4 Å². The van der Waals surface area contributed by atoms with Crippen molar-refractivity contribution in [2.45, 2.75) is 57.9 Å². The SMILES string of the molecule is CCCNC(C#N)(CC)CCCOCC1CC1. The van der Waals surface area contributed by atoms with Crippen molar-refractivity contribution in [3.63, 3.8) is 0 Å². The van der Waals surface area contributed by atoms with Gasteiger partial charge in [0.05, 0.1) is 6.07 Å². The van der Waals surface area contributed by atoms with Crippen molar-refractivity contribution in [1.82, 2.24) is 5.32 Å². The Morgan fingerprint density at radius 1 is 1.41 bits per heavy atom. The Morgan fingerprint density at radius 2 is 2.18 bits per heavy atom. The lowest BCUT2D eigenvalue weighted by atomic mass is 9.92. The summed E-state index contributed by atoms with van der Waals surface area (Å²) in [6.45, 7) is 6.85. The van der Waals surface area contributed by atoms with Gasteiger partial charge in [0.15, 0.2) is 0 Å². The fourth-order valence-electron chi connectivity index (χ4n) is 1.94. The third-order valence-corrected chi connectivity index (χ3v) is 3.47. The van der Waals surface area contributed by atoms with Gasteiger partial charge in [-0.25, -0.2) is 0 Å². The van der Waals surface area contributed by atoms with Crippen LogP contribution in [0.2, 0.25) is 0 Å². The second-order valence-corrected chi connectivity index (χ2v) is 5.10. The zero-order chi connectivity index (χ0) is 12.6. The Morgan fingerprint density at radius 3 is 2.71 bits per heavy atom. The average molecular weight is 238 g/mol. The van der Waals surface area contributed by atoms with E-state index in [4.69, 9.17) is 4.74 Å². The molecule has 1 atom stereocenters. The summed E-state index contributed by atoms with van der Waals surface area (Å²) in [5.74, 6) is 0.833. The van der Waals surface area contributed by atoms with E-state index in [-0.39, 0.29) is 5.54 Å². The molecule has 0 bridgehead atoms. The Hall–Kier alpha value is -0.590. The highest BCUT2D eigenvalue weighted by molar-refractivity contribution is 5.06. The molecule has 1 aliphatic rings. The van der Waals surface area contributed by atoms with Gasteiger partial charge in [0.1, 0.15) is 5.54 Å². The number of ether oxygens (including phenoxy) is 1. The molecule has 1 fully saturated rings. The van der Waals surface area contributed by atoms with Gasteiger partial charge in [-0.3, -0.25) is 5.32 Å². The van der Waals surface area contributed by atoms with Crippen molar-refractivity contribution >= 4 is 0 Å². The number of rotatable bonds is 10. The van der Waals surface area contributed by atoms with Crippen LogP contribution in [0.4, 0.5) is 0 Å². The highest BCUT2D eigenvalue weighted by Gasteiger charge is 2.26. The molecule has 98 valence electrons. The third-order valence-electron chi connectivity index (χ3n) is 3.47. The second kappa shape index (κ2) is 7.68. The molecular weight excluding hydrogens is 212 g/mol. The van der Waals surface area contributed by atoms with Gasteiger partial charge < -0.3 is 4.74 Å². The van der Waals surface area contributed by atoms with Gasteiger partial charge in [-0.15, -0.1) is 0 Å². The van der Waals surface area contributed by atoms with Crippen LogP contribution in [0.5, 0.6) is 0 Å². The number of nitrogens with one attached hydrogen (secondary N) is 1. The fourth-order valence-corrected chi connectivity index (χ4v) is 1.94. The lowest BCUT2D eigenvalue weighted by Gasteiger charge is -2.26. The van der Waals surface area contributed by atoms with Crippen LogP contribution in [0.15, 0.2) is 0 Å². The van der Waals surface area contributed by atoms with Crippen LogP contribution in [0.25, 0.3) is 0 Å². The summed E-state index contributed by atoms with van der Waals surface area (Å²) in [5.41, 5.74) is -0.334. The van der Waals surface area contributed by atoms with Gasteiger partial charge in [-0.05, 0) is 51.0 Å². The third kappa shape index (κ3) is 5.52. The molecule has 0 radical (unpaired) electrons. The maximum atomic E-state index is 9.30. The summed E-state index contributed by atoms with van der Waals surface area (Å²) >= 11 is 0. The molecule has 1 N–H and O–H groups in total. The molecule has 0 amide bonds. The predicted octanol–water partition coefficient (Wildman–Crippen LogP) is 2.87. The van der Waals surface area contributed by atoms with Crippen LogP contribution in [-0.2, 0) is 4.74 Å². The van der Waals surface area contributed by atoms with Gasteiger partial charge >= 0.3 is 0 Å². The molecule has 1 unspecified atom stereocenters. The van der Waals surface area contributed by atoms with Crippen LogP contribution < -0.4 is 5.32 Å². The molecule has 0 aromatic heterocycles. The zero-order valence-corrected chi connectivity index (χ0v) is 11.3. The molecule has 1 aliphatic carbocycles. The molecule has 0 heterocycles. The van der Waals surface area contributed by atoms with Crippen molar-refractivity contribution in [2.75, 3.05) is 19.8 Å². The van der Waals surface area contributed by atoms with Gasteiger partial charge in [-0.1, -0.05) is 13.8 Å². The van der Waals surface area contributed by atoms with Crippen molar-refractivity contribution in [3.8, 4) is 6.07 Å². The molecule has 0 saturated heterocycles. The van der Waals surface area contributed by atoms with Crippen molar-refractivity contribution in [2.24, 2.45) is 5.92 Å². The maximum absolute atomic E-state index is 9.30. The Balaban J connectivity index is 2.15. The van der Waals surface area contributed by atoms with Crippen molar-refractivity contribution < 1.29 is 4.74 Å². The molecule has 0 aromatic rings. The number of nitrogens with zero attached hydrogens (tertiary/aromatic N) is 1. The normalized spacial score (nSPS) is 18.6. The highest BCUT2D eigenvalue weighted by atomic mass is 16.5. The molecule has 1 saturated carbocycles. The Labute approximate surface area is 106 Å². The van der Waals surface area contributed by atoms with Crippen molar-refractivity contribution in [3.05, 3.63) is 0 Å². The van der Waals surface area contributed by atoms with Gasteiger partial charge in [0, 0.05) is 13.2 Å². The molecule has 0 aromatic carbocycles. The number of hydrogen-bond acceptors (Lipinski definition) is 3. The van der Waals surface area contributed by atoms with Gasteiger partial charge in [0.25, 0.3) is 0 Å². The summed E-state index contributed by atoms with van der Waals surface area (Å²) < 4.78 is 5.61. The second-order valence-electron chi connectivity index (χ2n) is 5.10. The Bertz CT molecular complexity index is 245. The van der Waals surface area contributed by atoms with Gasteiger partial charge in [0.2, 0.25) is 0 Å². The van der Waals surface area contributed by atoms with Crippen molar-refractivity contribution in [1.29, 1.82) is 5.26 Å². The molecule has 0 spiro atoms. The van der Waals surface area contributed by atoms with E-state index >= 15 is 0 Å². The smallest absolute Gasteiger partial charge is 0.106 e. The quantitative estimate of drug-likeness (QED) is 0.595. The molecule has 0 aliphatic heterocycles. The van der Waals surface area contributed by atoms with Gasteiger partial charge in [-0.2, -0.15) is 5.26 Å². The fraction of sp³-hybridized carbons (Fsp3) is 0.929. The lowest BCUT2D eigenvalue weighted by molar-refractivity contribution is 0.116. The topological polar surface area (TPSA) is 45.0 Å². The first-order valence-corrected chi connectivity index (χ1v) is 7.00. The van der Waals surface area contributed by atoms with E-state index in [1.165, 1.54) is 12.8 Å². The highest BCUT2D eigenvalue weighted by Crippen LogP contribution is 2.28. The van der Waals surface area contributed by atoms with E-state index < -0.39 is 0 Å². The molecular formula is C14H26N2O. The molecule has 1 rings (SSSR count). The molecule has 17 heavy (non-hydrogen) atoms. The largest absolute Gasteiger partial charge is 0.381 e.